The molecule has 0 saturated carbocycles. The SMILES string of the molecule is CCCOCC(CC1CCSCC1)NC. The second kappa shape index (κ2) is 8.43. The molecule has 1 saturated heterocycles. The summed E-state index contributed by atoms with van der Waals surface area (Å²) in [7, 11) is 2.05. The molecular weight excluding hydrogens is 206 g/mol. The number of hydrogen-bond donors (Lipinski definition) is 1. The molecule has 2 nitrogen and oxygen atoms in total. The zero-order valence-electron chi connectivity index (χ0n) is 10.1. The summed E-state index contributed by atoms with van der Waals surface area (Å²) in [5.74, 6) is 3.64. The van der Waals surface area contributed by atoms with Crippen LogP contribution in [-0.2, 0) is 4.74 Å². The maximum atomic E-state index is 5.61. The van der Waals surface area contributed by atoms with E-state index in [1.165, 1.54) is 30.8 Å². The first-order valence-electron chi connectivity index (χ1n) is 6.19. The first-order valence-corrected chi connectivity index (χ1v) is 7.35. The third-order valence-electron chi connectivity index (χ3n) is 3.03. The van der Waals surface area contributed by atoms with E-state index in [1.54, 1.807) is 0 Å². The average molecular weight is 231 g/mol. The monoisotopic (exact) mass is 231 g/mol. The summed E-state index contributed by atoms with van der Waals surface area (Å²) >= 11 is 2.10. The van der Waals surface area contributed by atoms with Gasteiger partial charge in [-0.15, -0.1) is 0 Å². The van der Waals surface area contributed by atoms with Crippen LogP contribution in [0.1, 0.15) is 32.6 Å². The van der Waals surface area contributed by atoms with E-state index in [0.29, 0.717) is 6.04 Å². The molecule has 1 aliphatic heterocycles. The number of likely N-dealkylation sites (N-methyl/N-ethyl adjacent to an activating group) is 1. The molecule has 1 N–H and O–H groups in total. The molecule has 1 atom stereocenters. The fraction of sp³-hybridized carbons (Fsp3) is 1.00. The molecule has 15 heavy (non-hydrogen) atoms. The van der Waals surface area contributed by atoms with E-state index in [1.807, 2.05) is 0 Å². The van der Waals surface area contributed by atoms with Crippen LogP contribution in [-0.4, -0.2) is 37.8 Å². The molecule has 0 radical (unpaired) electrons. The summed E-state index contributed by atoms with van der Waals surface area (Å²) in [4.78, 5) is 0. The van der Waals surface area contributed by atoms with E-state index < -0.39 is 0 Å². The molecule has 0 aliphatic carbocycles. The molecule has 1 aliphatic rings. The molecule has 0 amide bonds. The minimum atomic E-state index is 0.560. The van der Waals surface area contributed by atoms with Gasteiger partial charge >= 0.3 is 0 Å². The van der Waals surface area contributed by atoms with E-state index in [0.717, 1.165) is 25.6 Å². The Morgan fingerprint density at radius 1 is 1.40 bits per heavy atom. The van der Waals surface area contributed by atoms with Gasteiger partial charge in [-0.05, 0) is 50.2 Å². The molecule has 3 heteroatoms. The van der Waals surface area contributed by atoms with Gasteiger partial charge in [0.05, 0.1) is 6.61 Å². The average Bonchev–Trinajstić information content (AvgIpc) is 2.29. The zero-order valence-corrected chi connectivity index (χ0v) is 10.9. The maximum absolute atomic E-state index is 5.61. The predicted octanol–water partition coefficient (Wildman–Crippen LogP) is 2.53. The molecule has 0 spiro atoms. The van der Waals surface area contributed by atoms with Crippen LogP contribution in [0, 0.1) is 5.92 Å². The highest BCUT2D eigenvalue weighted by Gasteiger charge is 2.18. The first kappa shape index (κ1) is 13.3. The van der Waals surface area contributed by atoms with Crippen molar-refractivity contribution in [1.29, 1.82) is 0 Å². The molecule has 0 aromatic heterocycles. The Labute approximate surface area is 98.5 Å². The summed E-state index contributed by atoms with van der Waals surface area (Å²) in [5, 5.41) is 3.38. The van der Waals surface area contributed by atoms with Crippen LogP contribution in [0.4, 0.5) is 0 Å². The van der Waals surface area contributed by atoms with Crippen LogP contribution >= 0.6 is 11.8 Å². The highest BCUT2D eigenvalue weighted by atomic mass is 32.2. The number of ether oxygens (including phenoxy) is 1. The van der Waals surface area contributed by atoms with Gasteiger partial charge in [0.2, 0.25) is 0 Å². The highest BCUT2D eigenvalue weighted by molar-refractivity contribution is 7.99. The Morgan fingerprint density at radius 2 is 2.13 bits per heavy atom. The number of thioether (sulfide) groups is 1. The van der Waals surface area contributed by atoms with Gasteiger partial charge in [-0.2, -0.15) is 11.8 Å². The van der Waals surface area contributed by atoms with Crippen molar-refractivity contribution in [2.45, 2.75) is 38.6 Å². The minimum absolute atomic E-state index is 0.560. The van der Waals surface area contributed by atoms with Crippen LogP contribution < -0.4 is 5.32 Å². The summed E-state index contributed by atoms with van der Waals surface area (Å²) < 4.78 is 5.61. The number of rotatable bonds is 7. The molecular formula is C12H25NOS. The Bertz CT molecular complexity index is 149. The minimum Gasteiger partial charge on any atom is -0.380 e. The van der Waals surface area contributed by atoms with Gasteiger partial charge in [0, 0.05) is 12.6 Å². The van der Waals surface area contributed by atoms with Gasteiger partial charge in [-0.1, -0.05) is 6.92 Å². The third-order valence-corrected chi connectivity index (χ3v) is 4.08. The lowest BCUT2D eigenvalue weighted by molar-refractivity contribution is 0.105. The highest BCUT2D eigenvalue weighted by Crippen LogP contribution is 2.26. The van der Waals surface area contributed by atoms with Crippen molar-refractivity contribution in [3.8, 4) is 0 Å². The van der Waals surface area contributed by atoms with Crippen molar-refractivity contribution < 1.29 is 4.74 Å². The van der Waals surface area contributed by atoms with E-state index in [4.69, 9.17) is 4.74 Å². The standard InChI is InChI=1S/C12H25NOS/c1-3-6-14-10-12(13-2)9-11-4-7-15-8-5-11/h11-13H,3-10H2,1-2H3. The van der Waals surface area contributed by atoms with Crippen molar-refractivity contribution in [3.63, 3.8) is 0 Å². The summed E-state index contributed by atoms with van der Waals surface area (Å²) in [6, 6.07) is 0.560. The molecule has 1 fully saturated rings. The maximum Gasteiger partial charge on any atom is 0.0619 e. The largest absolute Gasteiger partial charge is 0.380 e. The Hall–Kier alpha value is 0.270. The van der Waals surface area contributed by atoms with Crippen LogP contribution in [0.15, 0.2) is 0 Å². The normalized spacial score (nSPS) is 20.4. The summed E-state index contributed by atoms with van der Waals surface area (Å²) in [6.07, 6.45) is 5.21. The van der Waals surface area contributed by atoms with Gasteiger partial charge in [0.1, 0.15) is 0 Å². The molecule has 1 rings (SSSR count). The van der Waals surface area contributed by atoms with E-state index in [9.17, 15) is 0 Å². The number of nitrogens with one attached hydrogen (secondary N) is 1. The molecule has 90 valence electrons. The predicted molar refractivity (Wildman–Crippen MR) is 68.6 cm³/mol. The second-order valence-electron chi connectivity index (χ2n) is 4.35. The van der Waals surface area contributed by atoms with Crippen molar-refractivity contribution in [2.24, 2.45) is 5.92 Å². The second-order valence-corrected chi connectivity index (χ2v) is 5.58. The lowest BCUT2D eigenvalue weighted by Crippen LogP contribution is -2.33. The van der Waals surface area contributed by atoms with Crippen LogP contribution in [0.2, 0.25) is 0 Å². The van der Waals surface area contributed by atoms with Crippen molar-refractivity contribution >= 4 is 11.8 Å². The first-order chi connectivity index (χ1) is 7.36. The van der Waals surface area contributed by atoms with Crippen molar-refractivity contribution in [2.75, 3.05) is 31.8 Å². The Morgan fingerprint density at radius 3 is 2.73 bits per heavy atom. The van der Waals surface area contributed by atoms with Gasteiger partial charge < -0.3 is 10.1 Å². The number of hydrogen-bond acceptors (Lipinski definition) is 3. The summed E-state index contributed by atoms with van der Waals surface area (Å²) in [5.41, 5.74) is 0. The van der Waals surface area contributed by atoms with Crippen molar-refractivity contribution in [3.05, 3.63) is 0 Å². The van der Waals surface area contributed by atoms with Crippen LogP contribution in [0.25, 0.3) is 0 Å². The Kier molecular flexibility index (Phi) is 7.49. The Balaban J connectivity index is 2.13. The molecule has 1 unspecified atom stereocenters. The summed E-state index contributed by atoms with van der Waals surface area (Å²) in [6.45, 7) is 3.94. The fourth-order valence-electron chi connectivity index (χ4n) is 2.02. The smallest absolute Gasteiger partial charge is 0.0619 e. The zero-order chi connectivity index (χ0) is 10.9. The molecule has 0 bridgehead atoms. The van der Waals surface area contributed by atoms with E-state index in [2.05, 4.69) is 31.1 Å². The lowest BCUT2D eigenvalue weighted by atomic mass is 9.94. The molecule has 0 aromatic rings. The van der Waals surface area contributed by atoms with Gasteiger partial charge in [0.25, 0.3) is 0 Å². The molecule has 1 heterocycles. The third kappa shape index (κ3) is 5.79. The lowest BCUT2D eigenvalue weighted by Gasteiger charge is -2.26. The topological polar surface area (TPSA) is 21.3 Å². The fourth-order valence-corrected chi connectivity index (χ4v) is 3.23. The van der Waals surface area contributed by atoms with Gasteiger partial charge in [-0.3, -0.25) is 0 Å². The van der Waals surface area contributed by atoms with Crippen LogP contribution in [0.3, 0.4) is 0 Å². The van der Waals surface area contributed by atoms with Crippen molar-refractivity contribution in [1.82, 2.24) is 5.32 Å². The van der Waals surface area contributed by atoms with Crippen LogP contribution in [0.5, 0.6) is 0 Å². The van der Waals surface area contributed by atoms with Gasteiger partial charge in [0.15, 0.2) is 0 Å². The molecule has 0 aromatic carbocycles. The van der Waals surface area contributed by atoms with E-state index in [-0.39, 0.29) is 0 Å². The quantitative estimate of drug-likeness (QED) is 0.680. The van der Waals surface area contributed by atoms with E-state index >= 15 is 0 Å². The van der Waals surface area contributed by atoms with Gasteiger partial charge in [-0.25, -0.2) is 0 Å².